The van der Waals surface area contributed by atoms with Gasteiger partial charge in [0, 0.05) is 8.07 Å². The maximum Gasteiger partial charge on any atom is 0.200 e. The highest BCUT2D eigenvalue weighted by atomic mass is 79.9. The van der Waals surface area contributed by atoms with Crippen molar-refractivity contribution in [1.29, 1.82) is 0 Å². The van der Waals surface area contributed by atoms with Gasteiger partial charge >= 0.3 is 0 Å². The van der Waals surface area contributed by atoms with Crippen molar-refractivity contribution in [2.75, 3.05) is 0 Å². The van der Waals surface area contributed by atoms with E-state index in [1.807, 2.05) is 0 Å². The predicted molar refractivity (Wildman–Crippen MR) is 60.3 cm³/mol. The molecule has 0 bridgehead atoms. The Balaban J connectivity index is 2.46. The van der Waals surface area contributed by atoms with Crippen LogP contribution in [0.15, 0.2) is 0 Å². The van der Waals surface area contributed by atoms with Gasteiger partial charge in [-0.1, -0.05) is 25.2 Å². The van der Waals surface area contributed by atoms with E-state index in [1.54, 1.807) is 0 Å². The summed E-state index contributed by atoms with van der Waals surface area (Å²) in [6.07, 6.45) is 0. The van der Waals surface area contributed by atoms with Gasteiger partial charge in [-0.25, -0.2) is 0 Å². The Morgan fingerprint density at radius 2 is 1.30 bits per heavy atom. The van der Waals surface area contributed by atoms with Gasteiger partial charge in [0.15, 0.2) is 0 Å². The van der Waals surface area contributed by atoms with Crippen LogP contribution in [-0.4, -0.2) is 13.4 Å². The number of hydrogen-bond acceptors (Lipinski definition) is 0. The second-order valence-electron chi connectivity index (χ2n) is 4.02. The van der Waals surface area contributed by atoms with Crippen molar-refractivity contribution in [1.82, 2.24) is 0 Å². The molecule has 0 N–H and O–H groups in total. The summed E-state index contributed by atoms with van der Waals surface area (Å²) in [4.78, 5) is 0. The molecule has 10 heavy (non-hydrogen) atoms. The van der Waals surface area contributed by atoms with E-state index < -0.39 is 13.4 Å². The standard InChI is InChI=1S/C6H14Br2Si2/c1-9(2)3-5-10(7,8)6-4-9/h3-6H2,1-2H3. The summed E-state index contributed by atoms with van der Waals surface area (Å²) in [6.45, 7) is 5.02. The van der Waals surface area contributed by atoms with Gasteiger partial charge in [-0.3, -0.25) is 0 Å². The molecule has 1 fully saturated rings. The van der Waals surface area contributed by atoms with Crippen LogP contribution in [0.25, 0.3) is 0 Å². The molecule has 60 valence electrons. The summed E-state index contributed by atoms with van der Waals surface area (Å²) in [5.41, 5.74) is 0. The van der Waals surface area contributed by atoms with Crippen molar-refractivity contribution in [3.05, 3.63) is 0 Å². The molecule has 0 radical (unpaired) electrons. The van der Waals surface area contributed by atoms with E-state index >= 15 is 0 Å². The predicted octanol–water partition coefficient (Wildman–Crippen LogP) is 3.94. The average molecular weight is 302 g/mol. The van der Waals surface area contributed by atoms with Crippen LogP contribution in [0.1, 0.15) is 0 Å². The third-order valence-electron chi connectivity index (χ3n) is 2.34. The fourth-order valence-electron chi connectivity index (χ4n) is 1.29. The third-order valence-corrected chi connectivity index (χ3v) is 13.3. The quantitative estimate of drug-likeness (QED) is 0.470. The summed E-state index contributed by atoms with van der Waals surface area (Å²) in [5, 5.41) is -1.02. The molecule has 1 heterocycles. The van der Waals surface area contributed by atoms with Gasteiger partial charge in [0.05, 0.1) is 0 Å². The SMILES string of the molecule is C[Si]1(C)CC[Si](Br)(Br)CC1. The van der Waals surface area contributed by atoms with Gasteiger partial charge in [-0.15, -0.1) is 30.6 Å². The molecular formula is C6H14Br2Si2. The topological polar surface area (TPSA) is 0 Å². The van der Waals surface area contributed by atoms with E-state index in [0.717, 1.165) is 0 Å². The van der Waals surface area contributed by atoms with Crippen molar-refractivity contribution < 1.29 is 0 Å². The molecule has 1 rings (SSSR count). The average Bonchev–Trinajstić information content (AvgIpc) is 1.79. The van der Waals surface area contributed by atoms with Crippen LogP contribution in [0.4, 0.5) is 0 Å². The molecule has 0 saturated carbocycles. The first kappa shape index (κ1) is 9.48. The number of rotatable bonds is 0. The Morgan fingerprint density at radius 3 is 1.60 bits per heavy atom. The molecule has 0 unspecified atom stereocenters. The van der Waals surface area contributed by atoms with Crippen molar-refractivity contribution in [2.24, 2.45) is 0 Å². The zero-order valence-corrected chi connectivity index (χ0v) is 11.8. The Bertz CT molecular complexity index is 106. The molecule has 0 atom stereocenters. The minimum atomic E-state index is -1.02. The normalized spacial score (nSPS) is 30.0. The summed E-state index contributed by atoms with van der Waals surface area (Å²) < 4.78 is 0. The fourth-order valence-corrected chi connectivity index (χ4v) is 17.3. The smallest absolute Gasteiger partial charge is 0.111 e. The van der Waals surface area contributed by atoms with Crippen LogP contribution in [-0.2, 0) is 0 Å². The largest absolute Gasteiger partial charge is 0.200 e. The molecule has 1 aliphatic rings. The lowest BCUT2D eigenvalue weighted by molar-refractivity contribution is 1.16. The first-order chi connectivity index (χ1) is 4.41. The maximum atomic E-state index is 3.82. The van der Waals surface area contributed by atoms with Crippen molar-refractivity contribution in [3.8, 4) is 0 Å². The zero-order valence-electron chi connectivity index (χ0n) is 6.58. The highest BCUT2D eigenvalue weighted by molar-refractivity contribution is 9.51. The van der Waals surface area contributed by atoms with Crippen molar-refractivity contribution in [2.45, 2.75) is 37.3 Å². The number of hydrogen-bond donors (Lipinski definition) is 0. The highest BCUT2D eigenvalue weighted by Gasteiger charge is 2.37. The molecule has 0 aromatic heterocycles. The summed E-state index contributed by atoms with van der Waals surface area (Å²) in [6, 6.07) is 5.95. The molecule has 4 heteroatoms. The molecule has 0 aromatic carbocycles. The molecule has 0 aromatic rings. The van der Waals surface area contributed by atoms with Gasteiger partial charge in [0.25, 0.3) is 0 Å². The van der Waals surface area contributed by atoms with Crippen LogP contribution >= 0.6 is 30.6 Å². The monoisotopic (exact) mass is 300 g/mol. The van der Waals surface area contributed by atoms with Gasteiger partial charge in [0.1, 0.15) is 0 Å². The second-order valence-corrected chi connectivity index (χ2v) is 24.4. The second kappa shape index (κ2) is 3.03. The minimum absolute atomic E-state index is 0.705. The van der Waals surface area contributed by atoms with E-state index in [1.165, 1.54) is 24.2 Å². The molecule has 0 spiro atoms. The Kier molecular flexibility index (Phi) is 2.87. The summed E-state index contributed by atoms with van der Waals surface area (Å²) in [7, 11) is -0.705. The van der Waals surface area contributed by atoms with Gasteiger partial charge in [-0.05, 0) is 12.1 Å². The van der Waals surface area contributed by atoms with Crippen LogP contribution in [0.5, 0.6) is 0 Å². The lowest BCUT2D eigenvalue weighted by Crippen LogP contribution is -2.36. The van der Waals surface area contributed by atoms with Crippen LogP contribution in [0.2, 0.25) is 37.3 Å². The highest BCUT2D eigenvalue weighted by Crippen LogP contribution is 2.42. The van der Waals surface area contributed by atoms with Crippen LogP contribution < -0.4 is 0 Å². The Hall–Kier alpha value is 1.39. The lowest BCUT2D eigenvalue weighted by atomic mass is 10.9. The Morgan fingerprint density at radius 1 is 0.900 bits per heavy atom. The molecule has 1 saturated heterocycles. The van der Waals surface area contributed by atoms with E-state index in [9.17, 15) is 0 Å². The lowest BCUT2D eigenvalue weighted by Gasteiger charge is -2.33. The Labute approximate surface area is 81.0 Å². The third kappa shape index (κ3) is 2.79. The van der Waals surface area contributed by atoms with E-state index in [-0.39, 0.29) is 0 Å². The molecule has 0 nitrogen and oxygen atoms in total. The fraction of sp³-hybridized carbons (Fsp3) is 1.00. The first-order valence-corrected chi connectivity index (χ1v) is 14.1. The van der Waals surface area contributed by atoms with Gasteiger partial charge < -0.3 is 0 Å². The molecule has 0 aliphatic carbocycles. The molecule has 1 aliphatic heterocycles. The first-order valence-electron chi connectivity index (χ1n) is 3.79. The van der Waals surface area contributed by atoms with Gasteiger partial charge in [0.2, 0.25) is 5.31 Å². The molecular weight excluding hydrogens is 288 g/mol. The van der Waals surface area contributed by atoms with Crippen LogP contribution in [0.3, 0.4) is 0 Å². The van der Waals surface area contributed by atoms with Crippen LogP contribution in [0, 0.1) is 0 Å². The van der Waals surface area contributed by atoms with E-state index in [4.69, 9.17) is 0 Å². The van der Waals surface area contributed by atoms with Crippen molar-refractivity contribution in [3.63, 3.8) is 0 Å². The van der Waals surface area contributed by atoms with Gasteiger partial charge in [-0.2, -0.15) is 0 Å². The number of halogens is 2. The van der Waals surface area contributed by atoms with E-state index in [0.29, 0.717) is 0 Å². The zero-order chi connectivity index (χ0) is 7.83. The van der Waals surface area contributed by atoms with Crippen molar-refractivity contribution >= 4 is 44.0 Å². The summed E-state index contributed by atoms with van der Waals surface area (Å²) in [5.74, 6) is 0. The minimum Gasteiger partial charge on any atom is -0.111 e. The molecule has 0 amide bonds. The maximum absolute atomic E-state index is 3.82. The van der Waals surface area contributed by atoms with E-state index in [2.05, 4.69) is 43.7 Å². The summed E-state index contributed by atoms with van der Waals surface area (Å²) >= 11 is 7.64.